The maximum atomic E-state index is 13.1. The van der Waals surface area contributed by atoms with Gasteiger partial charge < -0.3 is 14.6 Å². The fourth-order valence-electron chi connectivity index (χ4n) is 4.75. The number of hydrogen-bond acceptors (Lipinski definition) is 4. The van der Waals surface area contributed by atoms with Gasteiger partial charge in [-0.2, -0.15) is 5.10 Å². The molecule has 2 amide bonds. The number of hydrogen-bond donors (Lipinski definition) is 1. The minimum absolute atomic E-state index is 0.0676. The van der Waals surface area contributed by atoms with E-state index >= 15 is 0 Å². The number of amides is 2. The van der Waals surface area contributed by atoms with Gasteiger partial charge >= 0.3 is 0 Å². The molecule has 2 unspecified atom stereocenters. The molecule has 160 valence electrons. The van der Waals surface area contributed by atoms with Crippen molar-refractivity contribution in [3.05, 3.63) is 77.5 Å². The molecule has 0 bridgehead atoms. The molecule has 3 aromatic rings. The van der Waals surface area contributed by atoms with Gasteiger partial charge in [0, 0.05) is 17.8 Å². The molecule has 0 radical (unpaired) electrons. The van der Waals surface area contributed by atoms with Crippen molar-refractivity contribution in [1.82, 2.24) is 20.0 Å². The summed E-state index contributed by atoms with van der Waals surface area (Å²) in [6.45, 7) is 1.30. The number of carbonyl (C=O) groups excluding carboxylic acids is 2. The highest BCUT2D eigenvalue weighted by atomic mass is 16.3. The van der Waals surface area contributed by atoms with E-state index in [2.05, 4.69) is 22.5 Å². The van der Waals surface area contributed by atoms with E-state index in [1.54, 1.807) is 17.0 Å². The third-order valence-electron chi connectivity index (χ3n) is 6.30. The van der Waals surface area contributed by atoms with Crippen LogP contribution in [0.25, 0.3) is 0 Å². The molecule has 7 nitrogen and oxygen atoms in total. The average molecular weight is 418 g/mol. The lowest BCUT2D eigenvalue weighted by atomic mass is 9.92. The summed E-state index contributed by atoms with van der Waals surface area (Å²) in [7, 11) is 0. The van der Waals surface area contributed by atoms with Gasteiger partial charge in [0.1, 0.15) is 6.04 Å². The molecule has 2 aromatic heterocycles. The first-order valence-electron chi connectivity index (χ1n) is 10.9. The minimum atomic E-state index is -0.456. The molecule has 2 atom stereocenters. The van der Waals surface area contributed by atoms with Crippen LogP contribution in [0.15, 0.2) is 59.3 Å². The van der Waals surface area contributed by atoms with E-state index in [-0.39, 0.29) is 23.6 Å². The Morgan fingerprint density at radius 3 is 2.77 bits per heavy atom. The fourth-order valence-corrected chi connectivity index (χ4v) is 4.75. The van der Waals surface area contributed by atoms with Gasteiger partial charge in [-0.05, 0) is 49.8 Å². The maximum absolute atomic E-state index is 13.1. The Bertz CT molecular complexity index is 1060. The third kappa shape index (κ3) is 3.87. The SMILES string of the molecule is O=C(NC1CCCc2c1cnn2Cc1ccccc1)C1CCCN1C(=O)c1ccco1. The second-order valence-electron chi connectivity index (χ2n) is 8.28. The number of benzene rings is 1. The predicted octanol–water partition coefficient (Wildman–Crippen LogP) is 3.32. The monoisotopic (exact) mass is 418 g/mol. The molecule has 1 N–H and O–H groups in total. The van der Waals surface area contributed by atoms with Crippen molar-refractivity contribution in [2.75, 3.05) is 6.54 Å². The summed E-state index contributed by atoms with van der Waals surface area (Å²) < 4.78 is 7.30. The van der Waals surface area contributed by atoms with Gasteiger partial charge in [-0.15, -0.1) is 0 Å². The van der Waals surface area contributed by atoms with Gasteiger partial charge in [0.15, 0.2) is 5.76 Å². The van der Waals surface area contributed by atoms with Gasteiger partial charge in [-0.1, -0.05) is 30.3 Å². The number of likely N-dealkylation sites (tertiary alicyclic amines) is 1. The van der Waals surface area contributed by atoms with Crippen molar-refractivity contribution >= 4 is 11.8 Å². The summed E-state index contributed by atoms with van der Waals surface area (Å²) in [4.78, 5) is 27.5. The molecule has 31 heavy (non-hydrogen) atoms. The van der Waals surface area contributed by atoms with Crippen LogP contribution in [0.3, 0.4) is 0 Å². The van der Waals surface area contributed by atoms with Crippen molar-refractivity contribution in [2.24, 2.45) is 0 Å². The number of rotatable bonds is 5. The number of aromatic nitrogens is 2. The maximum Gasteiger partial charge on any atom is 0.290 e. The van der Waals surface area contributed by atoms with Crippen molar-refractivity contribution in [1.29, 1.82) is 0 Å². The second kappa shape index (κ2) is 8.41. The van der Waals surface area contributed by atoms with Gasteiger partial charge in [0.05, 0.1) is 25.0 Å². The van der Waals surface area contributed by atoms with Crippen molar-refractivity contribution in [3.8, 4) is 0 Å². The summed E-state index contributed by atoms with van der Waals surface area (Å²) in [5.41, 5.74) is 3.49. The van der Waals surface area contributed by atoms with E-state index in [1.165, 1.54) is 17.5 Å². The van der Waals surface area contributed by atoms with E-state index in [4.69, 9.17) is 4.42 Å². The number of fused-ring (bicyclic) bond motifs is 1. The van der Waals surface area contributed by atoms with Gasteiger partial charge in [-0.25, -0.2) is 0 Å². The largest absolute Gasteiger partial charge is 0.459 e. The van der Waals surface area contributed by atoms with Crippen LogP contribution in [0, 0.1) is 0 Å². The molecule has 0 saturated carbocycles. The van der Waals surface area contributed by atoms with Crippen LogP contribution < -0.4 is 5.32 Å². The molecule has 1 fully saturated rings. The molecular weight excluding hydrogens is 392 g/mol. The summed E-state index contributed by atoms with van der Waals surface area (Å²) in [6, 6.07) is 13.1. The zero-order valence-electron chi connectivity index (χ0n) is 17.4. The molecule has 7 heteroatoms. The first-order chi connectivity index (χ1) is 15.2. The van der Waals surface area contributed by atoms with Crippen LogP contribution in [-0.4, -0.2) is 39.1 Å². The van der Waals surface area contributed by atoms with E-state index in [0.717, 1.165) is 37.8 Å². The molecule has 2 aliphatic rings. The Hall–Kier alpha value is -3.35. The third-order valence-corrected chi connectivity index (χ3v) is 6.30. The smallest absolute Gasteiger partial charge is 0.290 e. The zero-order chi connectivity index (χ0) is 21.2. The van der Waals surface area contributed by atoms with Gasteiger partial charge in [0.25, 0.3) is 5.91 Å². The summed E-state index contributed by atoms with van der Waals surface area (Å²) >= 11 is 0. The standard InChI is InChI=1S/C24H26N4O3/c29-23(21-11-5-13-27(21)24(30)22-12-6-14-31-22)26-19-9-4-10-20-18(19)15-25-28(20)16-17-7-2-1-3-8-17/h1-3,6-8,12,14-15,19,21H,4-5,9-11,13,16H2,(H,26,29). The number of carbonyl (C=O) groups is 2. The molecule has 0 spiro atoms. The normalized spacial score (nSPS) is 20.5. The number of nitrogens with zero attached hydrogens (tertiary/aromatic N) is 3. The van der Waals surface area contributed by atoms with Crippen molar-refractivity contribution in [2.45, 2.75) is 50.7 Å². The predicted molar refractivity (Wildman–Crippen MR) is 114 cm³/mol. The van der Waals surface area contributed by atoms with Crippen LogP contribution >= 0.6 is 0 Å². The highest BCUT2D eigenvalue weighted by Gasteiger charge is 2.37. The molecule has 3 heterocycles. The lowest BCUT2D eigenvalue weighted by Crippen LogP contribution is -2.47. The zero-order valence-corrected chi connectivity index (χ0v) is 17.4. The Morgan fingerprint density at radius 1 is 1.10 bits per heavy atom. The number of furan rings is 1. The van der Waals surface area contributed by atoms with E-state index in [1.807, 2.05) is 29.1 Å². The summed E-state index contributed by atoms with van der Waals surface area (Å²) in [5, 5.41) is 7.82. The Kier molecular flexibility index (Phi) is 5.32. The van der Waals surface area contributed by atoms with Crippen molar-refractivity contribution in [3.63, 3.8) is 0 Å². The molecular formula is C24H26N4O3. The highest BCUT2D eigenvalue weighted by Crippen LogP contribution is 2.31. The fraction of sp³-hybridized carbons (Fsp3) is 0.375. The summed E-state index contributed by atoms with van der Waals surface area (Å²) in [5.74, 6) is -0.0319. The molecule has 5 rings (SSSR count). The lowest BCUT2D eigenvalue weighted by molar-refractivity contribution is -0.125. The van der Waals surface area contributed by atoms with Crippen LogP contribution in [0.1, 0.15) is 59.1 Å². The quantitative estimate of drug-likeness (QED) is 0.689. The molecule has 1 aliphatic carbocycles. The van der Waals surface area contributed by atoms with E-state index in [0.29, 0.717) is 13.0 Å². The summed E-state index contributed by atoms with van der Waals surface area (Å²) in [6.07, 6.45) is 7.70. The average Bonchev–Trinajstić information content (AvgIpc) is 3.55. The van der Waals surface area contributed by atoms with Crippen LogP contribution in [0.5, 0.6) is 0 Å². The Labute approximate surface area is 181 Å². The minimum Gasteiger partial charge on any atom is -0.459 e. The molecule has 1 saturated heterocycles. The Balaban J connectivity index is 1.30. The van der Waals surface area contributed by atoms with Crippen LogP contribution in [0.4, 0.5) is 0 Å². The van der Waals surface area contributed by atoms with Crippen molar-refractivity contribution < 1.29 is 14.0 Å². The van der Waals surface area contributed by atoms with Gasteiger partial charge in [-0.3, -0.25) is 14.3 Å². The van der Waals surface area contributed by atoms with Crippen LogP contribution in [0.2, 0.25) is 0 Å². The first-order valence-corrected chi connectivity index (χ1v) is 10.9. The lowest BCUT2D eigenvalue weighted by Gasteiger charge is -2.28. The topological polar surface area (TPSA) is 80.4 Å². The second-order valence-corrected chi connectivity index (χ2v) is 8.28. The molecule has 1 aromatic carbocycles. The van der Waals surface area contributed by atoms with E-state index in [9.17, 15) is 9.59 Å². The highest BCUT2D eigenvalue weighted by molar-refractivity contribution is 5.96. The number of nitrogens with one attached hydrogen (secondary N) is 1. The van der Waals surface area contributed by atoms with Crippen LogP contribution in [-0.2, 0) is 17.8 Å². The molecule has 1 aliphatic heterocycles. The first kappa shape index (κ1) is 19.6. The Morgan fingerprint density at radius 2 is 1.97 bits per heavy atom. The van der Waals surface area contributed by atoms with E-state index < -0.39 is 6.04 Å². The van der Waals surface area contributed by atoms with Gasteiger partial charge in [0.2, 0.25) is 5.91 Å².